The van der Waals surface area contributed by atoms with Crippen LogP contribution < -0.4 is 4.74 Å². The van der Waals surface area contributed by atoms with Crippen molar-refractivity contribution in [1.82, 2.24) is 19.6 Å². The van der Waals surface area contributed by atoms with Gasteiger partial charge in [-0.1, -0.05) is 24.3 Å². The molecule has 1 N–H and O–H groups in total. The second kappa shape index (κ2) is 10.1. The molecule has 1 atom stereocenters. The fourth-order valence-corrected chi connectivity index (χ4v) is 4.44. The molecular weight excluding hydrogens is 388 g/mol. The van der Waals surface area contributed by atoms with Crippen LogP contribution in [-0.2, 0) is 13.1 Å². The highest BCUT2D eigenvalue weighted by molar-refractivity contribution is 5.36. The number of hydrogen-bond acceptors (Lipinski definition) is 5. The Labute approximate surface area is 184 Å². The maximum absolute atomic E-state index is 9.64. The third-order valence-electron chi connectivity index (χ3n) is 6.11. The quantitative estimate of drug-likeness (QED) is 0.606. The number of methoxy groups -OCH3 is 1. The number of aryl methyl sites for hydroxylation is 1. The van der Waals surface area contributed by atoms with Crippen molar-refractivity contribution in [1.29, 1.82) is 0 Å². The van der Waals surface area contributed by atoms with Crippen LogP contribution in [0.2, 0.25) is 0 Å². The van der Waals surface area contributed by atoms with Crippen LogP contribution in [0.25, 0.3) is 5.69 Å². The van der Waals surface area contributed by atoms with Crippen molar-refractivity contribution in [2.45, 2.75) is 32.5 Å². The van der Waals surface area contributed by atoms with Crippen molar-refractivity contribution in [3.8, 4) is 11.4 Å². The van der Waals surface area contributed by atoms with Crippen LogP contribution in [0.1, 0.15) is 23.1 Å². The Morgan fingerprint density at radius 2 is 1.87 bits per heavy atom. The molecule has 0 spiro atoms. The van der Waals surface area contributed by atoms with Crippen molar-refractivity contribution in [3.63, 3.8) is 0 Å². The second-order valence-electron chi connectivity index (χ2n) is 8.29. The van der Waals surface area contributed by atoms with E-state index in [1.54, 1.807) is 13.3 Å². The van der Waals surface area contributed by atoms with Crippen molar-refractivity contribution in [2.24, 2.45) is 0 Å². The Bertz CT molecular complexity index is 956. The van der Waals surface area contributed by atoms with Gasteiger partial charge in [-0.05, 0) is 54.3 Å². The molecule has 6 heteroatoms. The molecule has 0 saturated carbocycles. The van der Waals surface area contributed by atoms with Crippen molar-refractivity contribution >= 4 is 0 Å². The van der Waals surface area contributed by atoms with Gasteiger partial charge in [-0.25, -0.2) is 4.68 Å². The summed E-state index contributed by atoms with van der Waals surface area (Å²) in [6.45, 7) is 7.13. The van der Waals surface area contributed by atoms with Crippen LogP contribution in [0, 0.1) is 6.92 Å². The first kappa shape index (κ1) is 21.6. The van der Waals surface area contributed by atoms with E-state index in [-0.39, 0.29) is 6.61 Å². The topological polar surface area (TPSA) is 53.8 Å². The van der Waals surface area contributed by atoms with Crippen molar-refractivity contribution in [2.75, 3.05) is 33.4 Å². The van der Waals surface area contributed by atoms with Gasteiger partial charge in [0.1, 0.15) is 5.75 Å². The number of aliphatic hydroxyl groups is 1. The largest absolute Gasteiger partial charge is 0.496 e. The van der Waals surface area contributed by atoms with Crippen molar-refractivity contribution in [3.05, 3.63) is 77.6 Å². The van der Waals surface area contributed by atoms with E-state index in [1.807, 2.05) is 16.9 Å². The molecule has 1 aromatic heterocycles. The summed E-state index contributed by atoms with van der Waals surface area (Å²) >= 11 is 0. The Balaban J connectivity index is 1.37. The first-order valence-corrected chi connectivity index (χ1v) is 11.0. The molecule has 6 nitrogen and oxygen atoms in total. The first-order valence-electron chi connectivity index (χ1n) is 11.0. The smallest absolute Gasteiger partial charge is 0.121 e. The molecule has 4 rings (SSSR count). The number of piperazine rings is 1. The van der Waals surface area contributed by atoms with Gasteiger partial charge in [0.2, 0.25) is 0 Å². The van der Waals surface area contributed by atoms with Gasteiger partial charge in [-0.15, -0.1) is 0 Å². The van der Waals surface area contributed by atoms with E-state index in [4.69, 9.17) is 4.74 Å². The highest BCUT2D eigenvalue weighted by atomic mass is 16.5. The predicted octanol–water partition coefficient (Wildman–Crippen LogP) is 3.26. The number of ether oxygens (including phenoxy) is 1. The van der Waals surface area contributed by atoms with E-state index < -0.39 is 0 Å². The van der Waals surface area contributed by atoms with Gasteiger partial charge in [0.25, 0.3) is 0 Å². The maximum Gasteiger partial charge on any atom is 0.121 e. The minimum atomic E-state index is 0.217. The molecule has 1 aliphatic rings. The van der Waals surface area contributed by atoms with Gasteiger partial charge in [-0.3, -0.25) is 9.80 Å². The van der Waals surface area contributed by atoms with Gasteiger partial charge in [-0.2, -0.15) is 5.10 Å². The monoisotopic (exact) mass is 420 g/mol. The van der Waals surface area contributed by atoms with E-state index in [2.05, 4.69) is 64.3 Å². The molecule has 1 aliphatic heterocycles. The van der Waals surface area contributed by atoms with Crippen molar-refractivity contribution < 1.29 is 9.84 Å². The van der Waals surface area contributed by atoms with Crippen LogP contribution in [0.5, 0.6) is 5.75 Å². The summed E-state index contributed by atoms with van der Waals surface area (Å²) < 4.78 is 7.27. The third kappa shape index (κ3) is 5.34. The average Bonchev–Trinajstić information content (AvgIpc) is 3.31. The summed E-state index contributed by atoms with van der Waals surface area (Å²) in [4.78, 5) is 5.01. The molecule has 0 bridgehead atoms. The third-order valence-corrected chi connectivity index (χ3v) is 6.11. The number of aromatic nitrogens is 2. The lowest BCUT2D eigenvalue weighted by molar-refractivity contribution is 0.0499. The van der Waals surface area contributed by atoms with Gasteiger partial charge < -0.3 is 9.84 Å². The highest BCUT2D eigenvalue weighted by Gasteiger charge is 2.26. The highest BCUT2D eigenvalue weighted by Crippen LogP contribution is 2.23. The van der Waals surface area contributed by atoms with E-state index in [0.717, 1.165) is 56.1 Å². The lowest BCUT2D eigenvalue weighted by atomic mass is 10.0. The molecule has 2 heterocycles. The van der Waals surface area contributed by atoms with Gasteiger partial charge in [0.05, 0.1) is 12.8 Å². The van der Waals surface area contributed by atoms with Gasteiger partial charge >= 0.3 is 0 Å². The van der Waals surface area contributed by atoms with Gasteiger partial charge in [0, 0.05) is 57.8 Å². The standard InChI is InChI=1S/C25H32N4O2/c1-20-16-22(6-9-25(20)31-2)18-28-14-13-27(19-24(28)10-15-30)17-21-4-7-23(8-5-21)29-12-3-11-26-29/h3-9,11-12,16,24,30H,10,13-15,17-19H2,1-2H3/t24-/m0/s1. The maximum atomic E-state index is 9.64. The molecule has 31 heavy (non-hydrogen) atoms. The van der Waals surface area contributed by atoms with Crippen LogP contribution in [0.15, 0.2) is 60.9 Å². The zero-order valence-corrected chi connectivity index (χ0v) is 18.4. The van der Waals surface area contributed by atoms with E-state index >= 15 is 0 Å². The number of hydrogen-bond donors (Lipinski definition) is 1. The molecule has 164 valence electrons. The van der Waals surface area contributed by atoms with Crippen LogP contribution in [0.3, 0.4) is 0 Å². The van der Waals surface area contributed by atoms with Crippen LogP contribution in [0.4, 0.5) is 0 Å². The number of nitrogens with zero attached hydrogens (tertiary/aromatic N) is 4. The fraction of sp³-hybridized carbons (Fsp3) is 0.400. The van der Waals surface area contributed by atoms with Gasteiger partial charge in [0.15, 0.2) is 0 Å². The number of aliphatic hydroxyl groups excluding tert-OH is 1. The lowest BCUT2D eigenvalue weighted by Gasteiger charge is -2.41. The molecule has 3 aromatic rings. The predicted molar refractivity (Wildman–Crippen MR) is 122 cm³/mol. The molecular formula is C25H32N4O2. The molecule has 0 unspecified atom stereocenters. The average molecular weight is 421 g/mol. The summed E-state index contributed by atoms with van der Waals surface area (Å²) in [6.07, 6.45) is 4.55. The summed E-state index contributed by atoms with van der Waals surface area (Å²) in [6, 6.07) is 17.3. The lowest BCUT2D eigenvalue weighted by Crippen LogP contribution is -2.52. The summed E-state index contributed by atoms with van der Waals surface area (Å²) in [5, 5.41) is 13.9. The minimum absolute atomic E-state index is 0.217. The summed E-state index contributed by atoms with van der Waals surface area (Å²) in [5.74, 6) is 0.930. The summed E-state index contributed by atoms with van der Waals surface area (Å²) in [5.41, 5.74) is 4.84. The molecule has 1 fully saturated rings. The fourth-order valence-electron chi connectivity index (χ4n) is 4.44. The Morgan fingerprint density at radius 1 is 1.06 bits per heavy atom. The zero-order valence-electron chi connectivity index (χ0n) is 18.4. The Kier molecular flexibility index (Phi) is 7.02. The molecule has 0 amide bonds. The Hall–Kier alpha value is -2.67. The molecule has 0 aliphatic carbocycles. The molecule has 0 radical (unpaired) electrons. The zero-order chi connectivity index (χ0) is 21.6. The normalized spacial score (nSPS) is 17.7. The van der Waals surface area contributed by atoms with E-state index in [1.165, 1.54) is 11.1 Å². The second-order valence-corrected chi connectivity index (χ2v) is 8.29. The van der Waals surface area contributed by atoms with E-state index in [9.17, 15) is 5.11 Å². The number of benzene rings is 2. The summed E-state index contributed by atoms with van der Waals surface area (Å²) in [7, 11) is 1.71. The first-order chi connectivity index (χ1) is 15.2. The Morgan fingerprint density at radius 3 is 2.55 bits per heavy atom. The minimum Gasteiger partial charge on any atom is -0.496 e. The number of rotatable bonds is 8. The molecule has 2 aromatic carbocycles. The van der Waals surface area contributed by atoms with Crippen LogP contribution >= 0.6 is 0 Å². The molecule has 1 saturated heterocycles. The van der Waals surface area contributed by atoms with E-state index in [0.29, 0.717) is 6.04 Å². The SMILES string of the molecule is COc1ccc(CN2CCN(Cc3ccc(-n4cccn4)cc3)C[C@@H]2CCO)cc1C. The van der Waals surface area contributed by atoms with Crippen LogP contribution in [-0.4, -0.2) is 64.1 Å².